The van der Waals surface area contributed by atoms with E-state index in [1.54, 1.807) is 0 Å². The summed E-state index contributed by atoms with van der Waals surface area (Å²) in [6.45, 7) is 14.2. The molecular weight excluding hydrogens is 276 g/mol. The molecule has 4 atom stereocenters. The Morgan fingerprint density at radius 1 is 1.38 bits per heavy atom. The molecule has 120 valence electrons. The van der Waals surface area contributed by atoms with Crippen LogP contribution in [0.25, 0.3) is 0 Å². The van der Waals surface area contributed by atoms with Gasteiger partial charge in [0, 0.05) is 29.5 Å². The summed E-state index contributed by atoms with van der Waals surface area (Å²) in [5, 5.41) is 5.97. The summed E-state index contributed by atoms with van der Waals surface area (Å²) in [4.78, 5) is 4.29. The van der Waals surface area contributed by atoms with Crippen molar-refractivity contribution in [3.8, 4) is 0 Å². The van der Waals surface area contributed by atoms with Gasteiger partial charge in [-0.2, -0.15) is 0 Å². The Hall–Kier alpha value is -0.380. The molecule has 0 amide bonds. The highest BCUT2D eigenvalue weighted by Crippen LogP contribution is 2.37. The van der Waals surface area contributed by atoms with Gasteiger partial charge in [-0.3, -0.25) is 4.90 Å². The Morgan fingerprint density at radius 2 is 2.14 bits per heavy atom. The SMILES string of the molecule is CCCNC1CCN(C(c2cccs2)C(C)C)C(C)C1C. The van der Waals surface area contributed by atoms with Gasteiger partial charge in [0.25, 0.3) is 0 Å². The lowest BCUT2D eigenvalue weighted by Crippen LogP contribution is -2.54. The molecule has 0 aromatic carbocycles. The minimum absolute atomic E-state index is 0.578. The Bertz CT molecular complexity index is 401. The van der Waals surface area contributed by atoms with Crippen LogP contribution >= 0.6 is 11.3 Å². The van der Waals surface area contributed by atoms with Crippen LogP contribution in [0, 0.1) is 11.8 Å². The minimum Gasteiger partial charge on any atom is -0.314 e. The third-order valence-electron chi connectivity index (χ3n) is 5.10. The van der Waals surface area contributed by atoms with Crippen molar-refractivity contribution in [2.75, 3.05) is 13.1 Å². The van der Waals surface area contributed by atoms with Crippen LogP contribution in [0.3, 0.4) is 0 Å². The van der Waals surface area contributed by atoms with Gasteiger partial charge in [-0.1, -0.05) is 33.8 Å². The van der Waals surface area contributed by atoms with Crippen molar-refractivity contribution >= 4 is 11.3 Å². The average molecular weight is 309 g/mol. The van der Waals surface area contributed by atoms with Gasteiger partial charge in [0.1, 0.15) is 0 Å². The number of hydrogen-bond acceptors (Lipinski definition) is 3. The minimum atomic E-state index is 0.578. The summed E-state index contributed by atoms with van der Waals surface area (Å²) in [7, 11) is 0. The lowest BCUT2D eigenvalue weighted by atomic mass is 9.84. The highest BCUT2D eigenvalue weighted by Gasteiger charge is 2.37. The molecule has 2 nitrogen and oxygen atoms in total. The second-order valence-electron chi connectivity index (χ2n) is 6.89. The maximum absolute atomic E-state index is 3.75. The van der Waals surface area contributed by atoms with Crippen molar-refractivity contribution in [1.29, 1.82) is 0 Å². The smallest absolute Gasteiger partial charge is 0.0467 e. The van der Waals surface area contributed by atoms with Gasteiger partial charge >= 0.3 is 0 Å². The monoisotopic (exact) mass is 308 g/mol. The summed E-state index contributed by atoms with van der Waals surface area (Å²) in [6.07, 6.45) is 2.51. The van der Waals surface area contributed by atoms with Crippen LogP contribution in [-0.2, 0) is 0 Å². The van der Waals surface area contributed by atoms with Crippen LogP contribution in [0.2, 0.25) is 0 Å². The topological polar surface area (TPSA) is 15.3 Å². The molecule has 1 aliphatic rings. The number of thiophene rings is 1. The van der Waals surface area contributed by atoms with Gasteiger partial charge in [0.2, 0.25) is 0 Å². The fraction of sp³-hybridized carbons (Fsp3) is 0.778. The van der Waals surface area contributed by atoms with E-state index in [-0.39, 0.29) is 0 Å². The van der Waals surface area contributed by atoms with E-state index in [0.29, 0.717) is 30.0 Å². The van der Waals surface area contributed by atoms with Gasteiger partial charge in [0.15, 0.2) is 0 Å². The molecule has 1 saturated heterocycles. The summed E-state index contributed by atoms with van der Waals surface area (Å²) < 4.78 is 0. The van der Waals surface area contributed by atoms with Crippen molar-refractivity contribution < 1.29 is 0 Å². The lowest BCUT2D eigenvalue weighted by molar-refractivity contribution is 0.0294. The standard InChI is InChI=1S/C18H32N2S/c1-6-10-19-16-9-11-20(15(5)14(16)4)18(13(2)3)17-8-7-12-21-17/h7-8,12-16,18-19H,6,9-11H2,1-5H3. The summed E-state index contributed by atoms with van der Waals surface area (Å²) in [5.74, 6) is 1.38. The number of hydrogen-bond donors (Lipinski definition) is 1. The number of nitrogens with one attached hydrogen (secondary N) is 1. The zero-order chi connectivity index (χ0) is 15.4. The number of piperidine rings is 1. The summed E-state index contributed by atoms with van der Waals surface area (Å²) in [5.41, 5.74) is 0. The van der Waals surface area contributed by atoms with E-state index in [1.807, 2.05) is 11.3 Å². The van der Waals surface area contributed by atoms with Crippen molar-refractivity contribution in [1.82, 2.24) is 10.2 Å². The first-order valence-electron chi connectivity index (χ1n) is 8.58. The zero-order valence-corrected chi connectivity index (χ0v) is 15.1. The Labute approximate surface area is 134 Å². The van der Waals surface area contributed by atoms with Gasteiger partial charge in [-0.15, -0.1) is 11.3 Å². The van der Waals surface area contributed by atoms with Crippen molar-refractivity contribution in [3.63, 3.8) is 0 Å². The van der Waals surface area contributed by atoms with E-state index < -0.39 is 0 Å². The van der Waals surface area contributed by atoms with E-state index in [1.165, 1.54) is 24.3 Å². The zero-order valence-electron chi connectivity index (χ0n) is 14.3. The second kappa shape index (κ2) is 7.75. The predicted octanol–water partition coefficient (Wildman–Crippen LogP) is 4.54. The quantitative estimate of drug-likeness (QED) is 0.830. The van der Waals surface area contributed by atoms with Crippen LogP contribution < -0.4 is 5.32 Å². The Balaban J connectivity index is 2.10. The molecule has 3 heteroatoms. The van der Waals surface area contributed by atoms with Crippen molar-refractivity contribution in [2.45, 2.75) is 65.6 Å². The molecule has 0 radical (unpaired) electrons. The van der Waals surface area contributed by atoms with Crippen LogP contribution in [0.5, 0.6) is 0 Å². The van der Waals surface area contributed by atoms with Crippen LogP contribution in [-0.4, -0.2) is 30.1 Å². The highest BCUT2D eigenvalue weighted by molar-refractivity contribution is 7.10. The molecule has 1 N–H and O–H groups in total. The molecule has 1 fully saturated rings. The Morgan fingerprint density at radius 3 is 2.71 bits per heavy atom. The molecule has 0 saturated carbocycles. The second-order valence-corrected chi connectivity index (χ2v) is 7.87. The first kappa shape index (κ1) is 17.0. The normalized spacial score (nSPS) is 29.0. The van der Waals surface area contributed by atoms with E-state index in [0.717, 1.165) is 6.54 Å². The predicted molar refractivity (Wildman–Crippen MR) is 93.9 cm³/mol. The molecule has 0 spiro atoms. The first-order chi connectivity index (χ1) is 10.1. The fourth-order valence-electron chi connectivity index (χ4n) is 3.74. The number of rotatable bonds is 6. The van der Waals surface area contributed by atoms with E-state index in [4.69, 9.17) is 0 Å². The molecule has 21 heavy (non-hydrogen) atoms. The summed E-state index contributed by atoms with van der Waals surface area (Å²) >= 11 is 1.91. The average Bonchev–Trinajstić information content (AvgIpc) is 2.96. The maximum Gasteiger partial charge on any atom is 0.0467 e. The molecule has 0 bridgehead atoms. The first-order valence-corrected chi connectivity index (χ1v) is 9.46. The third kappa shape index (κ3) is 3.88. The molecule has 0 aliphatic carbocycles. The largest absolute Gasteiger partial charge is 0.314 e. The van der Waals surface area contributed by atoms with Crippen molar-refractivity contribution in [2.24, 2.45) is 11.8 Å². The van der Waals surface area contributed by atoms with E-state index in [9.17, 15) is 0 Å². The molecule has 4 unspecified atom stereocenters. The molecule has 1 aromatic heterocycles. The lowest BCUT2D eigenvalue weighted by Gasteiger charge is -2.47. The van der Waals surface area contributed by atoms with E-state index in [2.05, 4.69) is 62.3 Å². The van der Waals surface area contributed by atoms with Gasteiger partial charge in [-0.05, 0) is 49.6 Å². The van der Waals surface area contributed by atoms with Crippen LogP contribution in [0.1, 0.15) is 58.4 Å². The number of nitrogens with zero attached hydrogens (tertiary/aromatic N) is 1. The van der Waals surface area contributed by atoms with Gasteiger partial charge in [-0.25, -0.2) is 0 Å². The highest BCUT2D eigenvalue weighted by atomic mass is 32.1. The Kier molecular flexibility index (Phi) is 6.27. The van der Waals surface area contributed by atoms with Crippen molar-refractivity contribution in [3.05, 3.63) is 22.4 Å². The third-order valence-corrected chi connectivity index (χ3v) is 6.04. The van der Waals surface area contributed by atoms with Gasteiger partial charge in [0.05, 0.1) is 0 Å². The molecule has 1 aliphatic heterocycles. The number of likely N-dealkylation sites (tertiary alicyclic amines) is 1. The van der Waals surface area contributed by atoms with Gasteiger partial charge < -0.3 is 5.32 Å². The molecule has 2 rings (SSSR count). The molecular formula is C18H32N2S. The van der Waals surface area contributed by atoms with E-state index >= 15 is 0 Å². The molecule has 2 heterocycles. The van der Waals surface area contributed by atoms with Crippen LogP contribution in [0.4, 0.5) is 0 Å². The maximum atomic E-state index is 3.75. The molecule has 1 aromatic rings. The van der Waals surface area contributed by atoms with Crippen LogP contribution in [0.15, 0.2) is 17.5 Å². The summed E-state index contributed by atoms with van der Waals surface area (Å²) in [6, 6.07) is 6.41. The fourth-order valence-corrected chi connectivity index (χ4v) is 4.76.